The van der Waals surface area contributed by atoms with E-state index in [4.69, 9.17) is 5.73 Å². The van der Waals surface area contributed by atoms with Crippen molar-refractivity contribution in [2.24, 2.45) is 5.92 Å². The molecule has 0 bridgehead atoms. The second-order valence-electron chi connectivity index (χ2n) is 4.62. The van der Waals surface area contributed by atoms with E-state index >= 15 is 0 Å². The maximum atomic E-state index is 12.0. The third-order valence-corrected chi connectivity index (χ3v) is 4.38. The highest BCUT2D eigenvalue weighted by Gasteiger charge is 2.26. The number of sulfonamides is 1. The Morgan fingerprint density at radius 1 is 1.53 bits per heavy atom. The molecule has 2 rings (SSSR count). The summed E-state index contributed by atoms with van der Waals surface area (Å²) in [5.74, 6) is 1.01. The van der Waals surface area contributed by atoms with Crippen LogP contribution in [-0.4, -0.2) is 19.4 Å². The Bertz CT molecular complexity index is 480. The summed E-state index contributed by atoms with van der Waals surface area (Å²) in [7, 11) is -3.46. The van der Waals surface area contributed by atoms with Crippen LogP contribution in [0.5, 0.6) is 0 Å². The Kier molecular flexibility index (Phi) is 3.35. The minimum Gasteiger partial charge on any atom is -0.384 e. The van der Waals surface area contributed by atoms with Crippen LogP contribution in [0.2, 0.25) is 0 Å². The van der Waals surface area contributed by atoms with E-state index in [2.05, 4.69) is 9.71 Å². The zero-order valence-electron chi connectivity index (χ0n) is 9.76. The van der Waals surface area contributed by atoms with Gasteiger partial charge in [0, 0.05) is 12.2 Å². The van der Waals surface area contributed by atoms with Crippen LogP contribution >= 0.6 is 0 Å². The van der Waals surface area contributed by atoms with E-state index in [9.17, 15) is 8.42 Å². The number of anilines is 1. The van der Waals surface area contributed by atoms with Crippen LogP contribution in [0, 0.1) is 5.92 Å². The van der Waals surface area contributed by atoms with E-state index < -0.39 is 10.0 Å². The van der Waals surface area contributed by atoms with Crippen molar-refractivity contribution in [1.82, 2.24) is 9.71 Å². The molecule has 3 N–H and O–H groups in total. The summed E-state index contributed by atoms with van der Waals surface area (Å²) < 4.78 is 26.6. The Hall–Kier alpha value is -1.14. The number of pyridine rings is 1. The highest BCUT2D eigenvalue weighted by molar-refractivity contribution is 7.89. The molecule has 1 aliphatic rings. The third-order valence-electron chi connectivity index (χ3n) is 2.81. The van der Waals surface area contributed by atoms with Gasteiger partial charge in [-0.25, -0.2) is 18.1 Å². The molecule has 1 fully saturated rings. The molecule has 5 nitrogen and oxygen atoms in total. The number of hydrogen-bond acceptors (Lipinski definition) is 4. The second-order valence-corrected chi connectivity index (χ2v) is 6.33. The largest absolute Gasteiger partial charge is 0.384 e. The number of nitrogens with one attached hydrogen (secondary N) is 1. The SMILES string of the molecule is CC(CC1CC1)NS(=O)(=O)c1ccc(N)nc1. The molecule has 0 amide bonds. The Morgan fingerprint density at radius 3 is 2.76 bits per heavy atom. The van der Waals surface area contributed by atoms with Crippen molar-refractivity contribution >= 4 is 15.8 Å². The lowest BCUT2D eigenvalue weighted by Crippen LogP contribution is -2.33. The fourth-order valence-corrected chi connectivity index (χ4v) is 2.99. The topological polar surface area (TPSA) is 85.1 Å². The zero-order valence-corrected chi connectivity index (χ0v) is 10.6. The molecule has 1 aliphatic carbocycles. The van der Waals surface area contributed by atoms with Crippen molar-refractivity contribution in [3.63, 3.8) is 0 Å². The first-order valence-corrected chi connectivity index (χ1v) is 7.19. The summed E-state index contributed by atoms with van der Waals surface area (Å²) in [6.45, 7) is 1.89. The van der Waals surface area contributed by atoms with Crippen LogP contribution < -0.4 is 10.5 Å². The van der Waals surface area contributed by atoms with Crippen molar-refractivity contribution < 1.29 is 8.42 Å². The maximum Gasteiger partial charge on any atom is 0.242 e. The highest BCUT2D eigenvalue weighted by atomic mass is 32.2. The highest BCUT2D eigenvalue weighted by Crippen LogP contribution is 2.33. The number of rotatable bonds is 5. The molecule has 1 aromatic rings. The van der Waals surface area contributed by atoms with Crippen LogP contribution in [-0.2, 0) is 10.0 Å². The molecule has 0 radical (unpaired) electrons. The van der Waals surface area contributed by atoms with Gasteiger partial charge in [0.2, 0.25) is 10.0 Å². The van der Waals surface area contributed by atoms with Gasteiger partial charge in [0.25, 0.3) is 0 Å². The van der Waals surface area contributed by atoms with Crippen LogP contribution in [0.3, 0.4) is 0 Å². The first-order chi connectivity index (χ1) is 7.97. The molecular weight excluding hydrogens is 238 g/mol. The van der Waals surface area contributed by atoms with Gasteiger partial charge in [0.05, 0.1) is 0 Å². The van der Waals surface area contributed by atoms with Gasteiger partial charge in [-0.2, -0.15) is 0 Å². The van der Waals surface area contributed by atoms with E-state index in [0.717, 1.165) is 6.42 Å². The molecule has 17 heavy (non-hydrogen) atoms. The summed E-state index contributed by atoms with van der Waals surface area (Å²) in [5, 5.41) is 0. The number of hydrogen-bond donors (Lipinski definition) is 2. The van der Waals surface area contributed by atoms with Gasteiger partial charge in [-0.05, 0) is 31.4 Å². The molecule has 1 unspecified atom stereocenters. The van der Waals surface area contributed by atoms with Crippen molar-refractivity contribution in [3.05, 3.63) is 18.3 Å². The first kappa shape index (κ1) is 12.3. The molecular formula is C11H17N3O2S. The monoisotopic (exact) mass is 255 g/mol. The molecule has 94 valence electrons. The smallest absolute Gasteiger partial charge is 0.242 e. The van der Waals surface area contributed by atoms with Gasteiger partial charge >= 0.3 is 0 Å². The molecule has 1 saturated carbocycles. The molecule has 0 aromatic carbocycles. The van der Waals surface area contributed by atoms with Gasteiger partial charge in [0.15, 0.2) is 0 Å². The van der Waals surface area contributed by atoms with Gasteiger partial charge in [0.1, 0.15) is 10.7 Å². The van der Waals surface area contributed by atoms with Crippen molar-refractivity contribution in [2.45, 2.75) is 37.1 Å². The summed E-state index contributed by atoms with van der Waals surface area (Å²) in [6, 6.07) is 2.92. The zero-order chi connectivity index (χ0) is 12.5. The Morgan fingerprint density at radius 2 is 2.24 bits per heavy atom. The molecule has 1 atom stereocenters. The minimum absolute atomic E-state index is 0.0370. The number of aromatic nitrogens is 1. The summed E-state index contributed by atoms with van der Waals surface area (Å²) in [5.41, 5.74) is 5.42. The first-order valence-electron chi connectivity index (χ1n) is 5.71. The van der Waals surface area contributed by atoms with E-state index in [0.29, 0.717) is 11.7 Å². The third kappa shape index (κ3) is 3.41. The van der Waals surface area contributed by atoms with Crippen molar-refractivity contribution in [1.29, 1.82) is 0 Å². The van der Waals surface area contributed by atoms with E-state index in [1.54, 1.807) is 0 Å². The van der Waals surface area contributed by atoms with E-state index in [1.807, 2.05) is 6.92 Å². The fraction of sp³-hybridized carbons (Fsp3) is 0.545. The normalized spacial score (nSPS) is 17.9. The number of nitrogens with two attached hydrogens (primary N) is 1. The summed E-state index contributed by atoms with van der Waals surface area (Å²) in [4.78, 5) is 3.95. The van der Waals surface area contributed by atoms with Gasteiger partial charge in [-0.1, -0.05) is 12.8 Å². The molecule has 1 aromatic heterocycles. The lowest BCUT2D eigenvalue weighted by molar-refractivity contribution is 0.529. The maximum absolute atomic E-state index is 12.0. The fourth-order valence-electron chi connectivity index (χ4n) is 1.79. The second kappa shape index (κ2) is 4.62. The number of nitrogen functional groups attached to an aromatic ring is 1. The van der Waals surface area contributed by atoms with Gasteiger partial charge < -0.3 is 5.73 Å². The van der Waals surface area contributed by atoms with Crippen LogP contribution in [0.4, 0.5) is 5.82 Å². The average Bonchev–Trinajstić information content (AvgIpc) is 3.01. The van der Waals surface area contributed by atoms with E-state index in [-0.39, 0.29) is 10.9 Å². The van der Waals surface area contributed by atoms with Gasteiger partial charge in [-0.15, -0.1) is 0 Å². The predicted molar refractivity (Wildman–Crippen MR) is 65.8 cm³/mol. The molecule has 6 heteroatoms. The summed E-state index contributed by atoms with van der Waals surface area (Å²) >= 11 is 0. The van der Waals surface area contributed by atoms with Crippen LogP contribution in [0.15, 0.2) is 23.2 Å². The number of nitrogens with zero attached hydrogens (tertiary/aromatic N) is 1. The minimum atomic E-state index is -3.46. The van der Waals surface area contributed by atoms with Crippen molar-refractivity contribution in [3.8, 4) is 0 Å². The van der Waals surface area contributed by atoms with Crippen LogP contribution in [0.1, 0.15) is 26.2 Å². The predicted octanol–water partition coefficient (Wildman–Crippen LogP) is 1.13. The lowest BCUT2D eigenvalue weighted by atomic mass is 10.2. The standard InChI is InChI=1S/C11H17N3O2S/c1-8(6-9-2-3-9)14-17(15,16)10-4-5-11(12)13-7-10/h4-5,7-9,14H,2-3,6H2,1H3,(H2,12,13). The van der Waals surface area contributed by atoms with E-state index in [1.165, 1.54) is 31.2 Å². The summed E-state index contributed by atoms with van der Waals surface area (Å²) in [6.07, 6.45) is 4.62. The Balaban J connectivity index is 2.04. The average molecular weight is 255 g/mol. The molecule has 0 spiro atoms. The quantitative estimate of drug-likeness (QED) is 0.826. The lowest BCUT2D eigenvalue weighted by Gasteiger charge is -2.13. The molecule has 1 heterocycles. The van der Waals surface area contributed by atoms with Crippen molar-refractivity contribution in [2.75, 3.05) is 5.73 Å². The molecule has 0 aliphatic heterocycles. The van der Waals surface area contributed by atoms with Crippen LogP contribution in [0.25, 0.3) is 0 Å². The Labute approximate surface area is 101 Å². The molecule has 0 saturated heterocycles. The van der Waals surface area contributed by atoms with Gasteiger partial charge in [-0.3, -0.25) is 0 Å².